The van der Waals surface area contributed by atoms with E-state index in [1.54, 1.807) is 0 Å². The Balaban J connectivity index is 1.89. The molecule has 3 atom stereocenters. The molecule has 0 aromatic heterocycles. The second kappa shape index (κ2) is 5.25. The fraction of sp³-hybridized carbons (Fsp3) is 1.00. The van der Waals surface area contributed by atoms with Crippen LogP contribution in [0.25, 0.3) is 0 Å². The van der Waals surface area contributed by atoms with Crippen molar-refractivity contribution in [2.75, 3.05) is 19.6 Å². The molecule has 2 aliphatic rings. The van der Waals surface area contributed by atoms with Crippen molar-refractivity contribution in [3.8, 4) is 0 Å². The van der Waals surface area contributed by atoms with E-state index in [2.05, 4.69) is 25.7 Å². The van der Waals surface area contributed by atoms with Crippen LogP contribution in [0.4, 0.5) is 0 Å². The Hall–Kier alpha value is -0.120. The maximum Gasteiger partial charge on any atom is 0.0710 e. The number of hydrogen-bond acceptors (Lipinski definition) is 3. The molecule has 2 heterocycles. The summed E-state index contributed by atoms with van der Waals surface area (Å²) in [5.74, 6) is 0.739. The molecule has 0 spiro atoms. The number of hydrogen-bond donors (Lipinski definition) is 1. The summed E-state index contributed by atoms with van der Waals surface area (Å²) in [6.45, 7) is 9.81. The first-order chi connectivity index (χ1) is 8.02. The average molecular weight is 240 g/mol. The van der Waals surface area contributed by atoms with Gasteiger partial charge in [-0.2, -0.15) is 0 Å². The van der Waals surface area contributed by atoms with Gasteiger partial charge in [0.05, 0.1) is 11.7 Å². The molecule has 0 aromatic rings. The van der Waals surface area contributed by atoms with Gasteiger partial charge in [0.15, 0.2) is 0 Å². The largest absolute Gasteiger partial charge is 0.371 e. The Kier molecular flexibility index (Phi) is 4.11. The standard InChI is InChI=1S/C14H28N2O/c1-11-5-4-8-16(13(11)9-15)10-12-6-7-14(2,3)17-12/h11-13H,4-10,15H2,1-3H3. The van der Waals surface area contributed by atoms with Gasteiger partial charge in [0.25, 0.3) is 0 Å². The Morgan fingerprint density at radius 1 is 1.35 bits per heavy atom. The van der Waals surface area contributed by atoms with Crippen LogP contribution in [0.3, 0.4) is 0 Å². The smallest absolute Gasteiger partial charge is 0.0710 e. The zero-order valence-corrected chi connectivity index (χ0v) is 11.6. The summed E-state index contributed by atoms with van der Waals surface area (Å²) in [5, 5.41) is 0. The third-order valence-electron chi connectivity index (χ3n) is 4.46. The zero-order chi connectivity index (χ0) is 12.5. The number of piperidine rings is 1. The van der Waals surface area contributed by atoms with Crippen molar-refractivity contribution in [3.05, 3.63) is 0 Å². The Morgan fingerprint density at radius 2 is 2.12 bits per heavy atom. The van der Waals surface area contributed by atoms with Crippen LogP contribution in [0.2, 0.25) is 0 Å². The van der Waals surface area contributed by atoms with Crippen molar-refractivity contribution in [1.82, 2.24) is 4.90 Å². The fourth-order valence-electron chi connectivity index (χ4n) is 3.41. The van der Waals surface area contributed by atoms with Crippen LogP contribution in [-0.2, 0) is 4.74 Å². The van der Waals surface area contributed by atoms with Crippen molar-refractivity contribution in [1.29, 1.82) is 0 Å². The van der Waals surface area contributed by atoms with Crippen LogP contribution in [0.1, 0.15) is 46.5 Å². The van der Waals surface area contributed by atoms with E-state index in [0.29, 0.717) is 12.1 Å². The van der Waals surface area contributed by atoms with E-state index in [1.165, 1.54) is 32.2 Å². The third-order valence-corrected chi connectivity index (χ3v) is 4.46. The molecule has 0 aromatic carbocycles. The Bertz CT molecular complexity index is 255. The fourth-order valence-corrected chi connectivity index (χ4v) is 3.41. The minimum absolute atomic E-state index is 0.0876. The molecule has 3 nitrogen and oxygen atoms in total. The summed E-state index contributed by atoms with van der Waals surface area (Å²) in [5.41, 5.74) is 6.02. The van der Waals surface area contributed by atoms with Crippen LogP contribution in [0, 0.1) is 5.92 Å². The molecule has 2 aliphatic heterocycles. The number of nitrogens with two attached hydrogens (primary N) is 1. The lowest BCUT2D eigenvalue weighted by atomic mass is 9.90. The maximum atomic E-state index is 6.10. The molecule has 2 fully saturated rings. The quantitative estimate of drug-likeness (QED) is 0.820. The Labute approximate surface area is 106 Å². The lowest BCUT2D eigenvalue weighted by Crippen LogP contribution is -2.51. The maximum absolute atomic E-state index is 6.10. The molecule has 2 N–H and O–H groups in total. The van der Waals surface area contributed by atoms with E-state index in [-0.39, 0.29) is 5.60 Å². The van der Waals surface area contributed by atoms with Gasteiger partial charge in [-0.25, -0.2) is 0 Å². The monoisotopic (exact) mass is 240 g/mol. The van der Waals surface area contributed by atoms with Crippen molar-refractivity contribution >= 4 is 0 Å². The van der Waals surface area contributed by atoms with Gasteiger partial charge in [-0.05, 0) is 52.0 Å². The molecule has 0 aliphatic carbocycles. The average Bonchev–Trinajstić information content (AvgIpc) is 2.58. The number of nitrogens with zero attached hydrogens (tertiary/aromatic N) is 1. The molecule has 100 valence electrons. The van der Waals surface area contributed by atoms with Gasteiger partial charge in [0, 0.05) is 19.1 Å². The van der Waals surface area contributed by atoms with Gasteiger partial charge < -0.3 is 10.5 Å². The topological polar surface area (TPSA) is 38.5 Å². The van der Waals surface area contributed by atoms with Crippen molar-refractivity contribution in [2.24, 2.45) is 11.7 Å². The van der Waals surface area contributed by atoms with Gasteiger partial charge in [-0.1, -0.05) is 6.92 Å². The lowest BCUT2D eigenvalue weighted by Gasteiger charge is -2.40. The summed E-state index contributed by atoms with van der Waals surface area (Å²) in [4.78, 5) is 2.57. The first-order valence-corrected chi connectivity index (χ1v) is 7.14. The molecule has 3 heteroatoms. The van der Waals surface area contributed by atoms with Crippen LogP contribution >= 0.6 is 0 Å². The van der Waals surface area contributed by atoms with Gasteiger partial charge in [-0.15, -0.1) is 0 Å². The normalized spacial score (nSPS) is 38.5. The molecule has 17 heavy (non-hydrogen) atoms. The minimum Gasteiger partial charge on any atom is -0.371 e. The SMILES string of the molecule is CC1CCCN(CC2CCC(C)(C)O2)C1CN. The van der Waals surface area contributed by atoms with Gasteiger partial charge in [-0.3, -0.25) is 4.90 Å². The molecule has 2 saturated heterocycles. The molecule has 0 amide bonds. The minimum atomic E-state index is 0.0876. The van der Waals surface area contributed by atoms with Gasteiger partial charge in [0.1, 0.15) is 0 Å². The highest BCUT2D eigenvalue weighted by Crippen LogP contribution is 2.31. The highest BCUT2D eigenvalue weighted by Gasteiger charge is 2.35. The van der Waals surface area contributed by atoms with E-state index in [0.717, 1.165) is 19.0 Å². The van der Waals surface area contributed by atoms with Crippen LogP contribution < -0.4 is 5.73 Å². The predicted molar refractivity (Wildman–Crippen MR) is 71.0 cm³/mol. The highest BCUT2D eigenvalue weighted by molar-refractivity contribution is 4.88. The molecule has 0 saturated carbocycles. The van der Waals surface area contributed by atoms with Crippen molar-refractivity contribution in [3.63, 3.8) is 0 Å². The molecule has 2 rings (SSSR count). The van der Waals surface area contributed by atoms with Crippen LogP contribution in [0.15, 0.2) is 0 Å². The number of likely N-dealkylation sites (tertiary alicyclic amines) is 1. The lowest BCUT2D eigenvalue weighted by molar-refractivity contribution is -0.0409. The van der Waals surface area contributed by atoms with Crippen LogP contribution in [-0.4, -0.2) is 42.3 Å². The summed E-state index contributed by atoms with van der Waals surface area (Å²) < 4.78 is 6.10. The predicted octanol–water partition coefficient (Wildman–Crippen LogP) is 2.00. The van der Waals surface area contributed by atoms with E-state index >= 15 is 0 Å². The van der Waals surface area contributed by atoms with E-state index in [1.807, 2.05) is 0 Å². The zero-order valence-electron chi connectivity index (χ0n) is 11.6. The van der Waals surface area contributed by atoms with E-state index < -0.39 is 0 Å². The first kappa shape index (κ1) is 13.3. The summed E-state index contributed by atoms with van der Waals surface area (Å²) in [6, 6.07) is 0.566. The summed E-state index contributed by atoms with van der Waals surface area (Å²) in [6.07, 6.45) is 5.46. The van der Waals surface area contributed by atoms with E-state index in [9.17, 15) is 0 Å². The van der Waals surface area contributed by atoms with Gasteiger partial charge in [0.2, 0.25) is 0 Å². The third kappa shape index (κ3) is 3.21. The highest BCUT2D eigenvalue weighted by atomic mass is 16.5. The number of rotatable bonds is 3. The Morgan fingerprint density at radius 3 is 2.71 bits per heavy atom. The second-order valence-corrected chi connectivity index (χ2v) is 6.46. The van der Waals surface area contributed by atoms with Crippen molar-refractivity contribution in [2.45, 2.75) is 64.2 Å². The number of ether oxygens (including phenoxy) is 1. The first-order valence-electron chi connectivity index (χ1n) is 7.14. The molecule has 0 radical (unpaired) electrons. The molecular weight excluding hydrogens is 212 g/mol. The van der Waals surface area contributed by atoms with Crippen LogP contribution in [0.5, 0.6) is 0 Å². The van der Waals surface area contributed by atoms with Gasteiger partial charge >= 0.3 is 0 Å². The molecule has 0 bridgehead atoms. The molecular formula is C14H28N2O. The molecule has 3 unspecified atom stereocenters. The van der Waals surface area contributed by atoms with Crippen molar-refractivity contribution < 1.29 is 4.74 Å². The second-order valence-electron chi connectivity index (χ2n) is 6.46. The summed E-state index contributed by atoms with van der Waals surface area (Å²) >= 11 is 0. The van der Waals surface area contributed by atoms with E-state index in [4.69, 9.17) is 10.5 Å². The summed E-state index contributed by atoms with van der Waals surface area (Å²) in [7, 11) is 0.